The lowest BCUT2D eigenvalue weighted by atomic mass is 9.96. The lowest BCUT2D eigenvalue weighted by molar-refractivity contribution is 0.417. The van der Waals surface area contributed by atoms with Gasteiger partial charge in [0.2, 0.25) is 10.0 Å². The van der Waals surface area contributed by atoms with Crippen LogP contribution < -0.4 is 19.7 Å². The number of hydrogen-bond acceptors (Lipinski definition) is 5. The predicted octanol–water partition coefficient (Wildman–Crippen LogP) is 5.66. The Bertz CT molecular complexity index is 1680. The van der Waals surface area contributed by atoms with Gasteiger partial charge >= 0.3 is 0 Å². The van der Waals surface area contributed by atoms with Crippen LogP contribution in [-0.2, 0) is 10.0 Å². The number of hydrogen-bond donors (Lipinski definition) is 2. The fourth-order valence-electron chi connectivity index (χ4n) is 5.63. The molecular formula is C30H33N5O3S2. The summed E-state index contributed by atoms with van der Waals surface area (Å²) >= 11 is 5.92. The van der Waals surface area contributed by atoms with Crippen molar-refractivity contribution in [1.29, 1.82) is 0 Å². The number of aryl methyl sites for hydroxylation is 3. The summed E-state index contributed by atoms with van der Waals surface area (Å²) < 4.78 is 34.2. The van der Waals surface area contributed by atoms with Crippen LogP contribution in [0.4, 0.5) is 11.4 Å². The first-order valence-electron chi connectivity index (χ1n) is 12.9. The summed E-state index contributed by atoms with van der Waals surface area (Å²) in [5.74, 6) is 0.395. The molecule has 0 saturated carbocycles. The number of benzene rings is 2. The van der Waals surface area contributed by atoms with Crippen molar-refractivity contribution in [1.82, 2.24) is 14.9 Å². The molecule has 1 fully saturated rings. The van der Waals surface area contributed by atoms with Gasteiger partial charge in [0.15, 0.2) is 5.11 Å². The maximum absolute atomic E-state index is 11.9. The van der Waals surface area contributed by atoms with Crippen LogP contribution in [0.5, 0.6) is 5.75 Å². The van der Waals surface area contributed by atoms with E-state index in [4.69, 9.17) is 17.0 Å². The number of pyridine rings is 1. The van der Waals surface area contributed by atoms with Gasteiger partial charge in [-0.25, -0.2) is 8.42 Å². The molecule has 2 atom stereocenters. The molecule has 8 nitrogen and oxygen atoms in total. The quantitative estimate of drug-likeness (QED) is 0.275. The largest absolute Gasteiger partial charge is 0.494 e. The Hall–Kier alpha value is -3.89. The second kappa shape index (κ2) is 10.6. The summed E-state index contributed by atoms with van der Waals surface area (Å²) in [7, 11) is -1.97. The molecule has 2 aromatic heterocycles. The first kappa shape index (κ1) is 27.7. The van der Waals surface area contributed by atoms with Crippen LogP contribution in [0.15, 0.2) is 66.9 Å². The Morgan fingerprint density at radius 3 is 2.33 bits per heavy atom. The van der Waals surface area contributed by atoms with E-state index in [2.05, 4.69) is 76.5 Å². The minimum absolute atomic E-state index is 0.221. The van der Waals surface area contributed by atoms with Crippen molar-refractivity contribution in [2.24, 2.45) is 0 Å². The van der Waals surface area contributed by atoms with E-state index in [0.29, 0.717) is 16.5 Å². The van der Waals surface area contributed by atoms with E-state index in [9.17, 15) is 8.42 Å². The first-order valence-corrected chi connectivity index (χ1v) is 15.2. The summed E-state index contributed by atoms with van der Waals surface area (Å²) in [4.78, 5) is 6.73. The van der Waals surface area contributed by atoms with Gasteiger partial charge in [0.25, 0.3) is 0 Å². The van der Waals surface area contributed by atoms with Crippen LogP contribution in [0, 0.1) is 27.7 Å². The summed E-state index contributed by atoms with van der Waals surface area (Å²) in [6.07, 6.45) is 2.89. The third-order valence-electron chi connectivity index (χ3n) is 7.11. The van der Waals surface area contributed by atoms with E-state index in [1.165, 1.54) is 18.2 Å². The van der Waals surface area contributed by atoms with Crippen molar-refractivity contribution in [3.8, 4) is 11.4 Å². The number of thiocarbonyl (C=S) groups is 1. The number of methoxy groups -OCH3 is 1. The first-order chi connectivity index (χ1) is 19.0. The van der Waals surface area contributed by atoms with Crippen molar-refractivity contribution >= 4 is 38.7 Å². The van der Waals surface area contributed by atoms with Gasteiger partial charge in [-0.15, -0.1) is 0 Å². The molecule has 1 aliphatic heterocycles. The number of rotatable bonds is 7. The number of nitrogens with one attached hydrogen (secondary N) is 2. The Balaban J connectivity index is 1.67. The van der Waals surface area contributed by atoms with E-state index in [1.807, 2.05) is 24.3 Å². The van der Waals surface area contributed by atoms with Gasteiger partial charge in [0.1, 0.15) is 5.75 Å². The topological polar surface area (TPSA) is 88.5 Å². The standard InChI is InChI=1S/C30H33N5O3S2/c1-18-13-19(2)15-23(14-18)34-20(3)16-24(21(34)4)29-28(26-9-7-8-12-31-26)32-30(39)35(29)22-10-11-25(27(17-22)38-5)33-40(6,36)37/h7-17,28-29,33H,1-6H3,(H,32,39)/t28-,29-/m0/s1. The fraction of sp³-hybridized carbons (Fsp3) is 0.267. The van der Waals surface area contributed by atoms with Crippen LogP contribution in [0.25, 0.3) is 5.69 Å². The van der Waals surface area contributed by atoms with Gasteiger partial charge in [-0.05, 0) is 99.1 Å². The number of sulfonamides is 1. The number of ether oxygens (including phenoxy) is 1. The molecular weight excluding hydrogens is 542 g/mol. The second-order valence-electron chi connectivity index (χ2n) is 10.3. The molecule has 40 heavy (non-hydrogen) atoms. The normalized spacial score (nSPS) is 17.1. The summed E-state index contributed by atoms with van der Waals surface area (Å²) in [6, 6.07) is 19.5. The molecule has 10 heteroatoms. The Kier molecular flexibility index (Phi) is 7.32. The third-order valence-corrected chi connectivity index (χ3v) is 8.02. The minimum atomic E-state index is -3.48. The highest BCUT2D eigenvalue weighted by Crippen LogP contribution is 2.45. The van der Waals surface area contributed by atoms with Gasteiger partial charge in [-0.1, -0.05) is 12.1 Å². The van der Waals surface area contributed by atoms with Gasteiger partial charge in [-0.3, -0.25) is 9.71 Å². The molecule has 0 bridgehead atoms. The molecule has 0 unspecified atom stereocenters. The van der Waals surface area contributed by atoms with E-state index in [1.54, 1.807) is 18.3 Å². The van der Waals surface area contributed by atoms with E-state index in [0.717, 1.165) is 40.3 Å². The van der Waals surface area contributed by atoms with Crippen LogP contribution in [0.3, 0.4) is 0 Å². The third kappa shape index (κ3) is 5.29. The average molecular weight is 576 g/mol. The molecule has 5 rings (SSSR count). The predicted molar refractivity (Wildman–Crippen MR) is 164 cm³/mol. The zero-order valence-electron chi connectivity index (χ0n) is 23.4. The molecule has 0 spiro atoms. The Labute approximate surface area is 241 Å². The Morgan fingerprint density at radius 1 is 0.975 bits per heavy atom. The molecule has 2 aromatic carbocycles. The maximum Gasteiger partial charge on any atom is 0.229 e. The molecule has 3 heterocycles. The van der Waals surface area contributed by atoms with Crippen molar-refractivity contribution in [3.05, 3.63) is 101 Å². The lowest BCUT2D eigenvalue weighted by Crippen LogP contribution is -2.29. The van der Waals surface area contributed by atoms with Crippen molar-refractivity contribution < 1.29 is 13.2 Å². The SMILES string of the molecule is COc1cc(N2C(=S)N[C@@H](c3ccccn3)[C@@H]2c2cc(C)n(-c3cc(C)cc(C)c3)c2C)ccc1NS(C)(=O)=O. The zero-order chi connectivity index (χ0) is 28.8. The van der Waals surface area contributed by atoms with Gasteiger partial charge in [-0.2, -0.15) is 0 Å². The number of nitrogens with zero attached hydrogens (tertiary/aromatic N) is 3. The summed E-state index contributed by atoms with van der Waals surface area (Å²) in [5.41, 5.74) is 8.85. The van der Waals surface area contributed by atoms with Gasteiger partial charge in [0, 0.05) is 35.0 Å². The molecule has 208 valence electrons. The van der Waals surface area contributed by atoms with Crippen molar-refractivity contribution in [2.75, 3.05) is 23.0 Å². The minimum Gasteiger partial charge on any atom is -0.494 e. The fourth-order valence-corrected chi connectivity index (χ4v) is 6.54. The van der Waals surface area contributed by atoms with Gasteiger partial charge in [0.05, 0.1) is 36.8 Å². The number of aromatic nitrogens is 2. The molecule has 2 N–H and O–H groups in total. The lowest BCUT2D eigenvalue weighted by Gasteiger charge is -2.29. The summed E-state index contributed by atoms with van der Waals surface area (Å²) in [6.45, 7) is 8.47. The van der Waals surface area contributed by atoms with Crippen LogP contribution in [0.1, 0.15) is 45.9 Å². The highest BCUT2D eigenvalue weighted by atomic mass is 32.2. The van der Waals surface area contributed by atoms with E-state index < -0.39 is 10.0 Å². The maximum atomic E-state index is 11.9. The highest BCUT2D eigenvalue weighted by molar-refractivity contribution is 7.92. The molecule has 1 saturated heterocycles. The second-order valence-corrected chi connectivity index (χ2v) is 12.4. The highest BCUT2D eigenvalue weighted by Gasteiger charge is 2.42. The average Bonchev–Trinajstić information content (AvgIpc) is 3.38. The van der Waals surface area contributed by atoms with Gasteiger partial charge < -0.3 is 19.5 Å². The smallest absolute Gasteiger partial charge is 0.229 e. The monoisotopic (exact) mass is 575 g/mol. The number of anilines is 2. The van der Waals surface area contributed by atoms with Crippen molar-refractivity contribution in [3.63, 3.8) is 0 Å². The van der Waals surface area contributed by atoms with Crippen molar-refractivity contribution in [2.45, 2.75) is 39.8 Å². The molecule has 0 aliphatic carbocycles. The summed E-state index contributed by atoms with van der Waals surface area (Å²) in [5, 5.41) is 4.05. The molecule has 0 amide bonds. The van der Waals surface area contributed by atoms with Crippen LogP contribution in [0.2, 0.25) is 0 Å². The van der Waals surface area contributed by atoms with Crippen LogP contribution in [-0.4, -0.2) is 36.4 Å². The Morgan fingerprint density at radius 2 is 1.70 bits per heavy atom. The zero-order valence-corrected chi connectivity index (χ0v) is 25.0. The molecule has 0 radical (unpaired) electrons. The van der Waals surface area contributed by atoms with Crippen LogP contribution >= 0.6 is 12.2 Å². The van der Waals surface area contributed by atoms with E-state index >= 15 is 0 Å². The molecule has 4 aromatic rings. The van der Waals surface area contributed by atoms with E-state index in [-0.39, 0.29) is 12.1 Å². The molecule has 1 aliphatic rings.